The van der Waals surface area contributed by atoms with Gasteiger partial charge in [0.25, 0.3) is 0 Å². The fourth-order valence-corrected chi connectivity index (χ4v) is 2.57. The minimum absolute atomic E-state index is 0.256. The largest absolute Gasteiger partial charge is 0.359 e. The average Bonchev–Trinajstić information content (AvgIpc) is 2.81. The summed E-state index contributed by atoms with van der Waals surface area (Å²) in [5, 5.41) is 9.78. The molecule has 0 bridgehead atoms. The van der Waals surface area contributed by atoms with Crippen molar-refractivity contribution in [2.24, 2.45) is 5.92 Å². The first kappa shape index (κ1) is 12.2. The van der Waals surface area contributed by atoms with E-state index < -0.39 is 0 Å². The molecular formula is C12H18N6O. The summed E-state index contributed by atoms with van der Waals surface area (Å²) in [6, 6.07) is 1.83. The highest BCUT2D eigenvalue weighted by Crippen LogP contribution is 2.15. The molecule has 0 aliphatic carbocycles. The van der Waals surface area contributed by atoms with E-state index in [2.05, 4.69) is 25.4 Å². The smallest absolute Gasteiger partial charge is 0.348 e. The van der Waals surface area contributed by atoms with Gasteiger partial charge in [0.2, 0.25) is 0 Å². The van der Waals surface area contributed by atoms with Crippen molar-refractivity contribution in [1.29, 1.82) is 0 Å². The number of nitrogens with one attached hydrogen (secondary N) is 2. The fourth-order valence-electron chi connectivity index (χ4n) is 2.57. The third-order valence-electron chi connectivity index (χ3n) is 3.62. The maximum absolute atomic E-state index is 11.4. The van der Waals surface area contributed by atoms with Gasteiger partial charge < -0.3 is 10.2 Å². The summed E-state index contributed by atoms with van der Waals surface area (Å²) >= 11 is 0. The number of nitrogens with zero attached hydrogens (tertiary/aromatic N) is 4. The first-order valence-electron chi connectivity index (χ1n) is 6.58. The van der Waals surface area contributed by atoms with Crippen LogP contribution in [0.1, 0.15) is 12.8 Å². The summed E-state index contributed by atoms with van der Waals surface area (Å²) in [5.74, 6) is 1.50. The molecule has 0 amide bonds. The number of anilines is 1. The van der Waals surface area contributed by atoms with Gasteiger partial charge in [0.05, 0.1) is 0 Å². The third kappa shape index (κ3) is 2.46. The van der Waals surface area contributed by atoms with Crippen LogP contribution in [0.2, 0.25) is 0 Å². The number of rotatable bonds is 3. The Morgan fingerprint density at radius 1 is 1.58 bits per heavy atom. The lowest BCUT2D eigenvalue weighted by atomic mass is 9.99. The minimum Gasteiger partial charge on any atom is -0.359 e. The first-order valence-corrected chi connectivity index (χ1v) is 6.58. The second-order valence-corrected chi connectivity index (χ2v) is 5.10. The molecule has 2 aromatic rings. The van der Waals surface area contributed by atoms with Gasteiger partial charge in [0.15, 0.2) is 5.65 Å². The number of hydrogen-bond acceptors (Lipinski definition) is 5. The van der Waals surface area contributed by atoms with E-state index >= 15 is 0 Å². The van der Waals surface area contributed by atoms with E-state index in [4.69, 9.17) is 0 Å². The van der Waals surface area contributed by atoms with Gasteiger partial charge in [-0.1, -0.05) is 0 Å². The lowest BCUT2D eigenvalue weighted by Gasteiger charge is -2.28. The normalized spacial score (nSPS) is 19.7. The number of fused-ring (bicyclic) bond motifs is 1. The molecule has 1 saturated heterocycles. The molecule has 19 heavy (non-hydrogen) atoms. The second-order valence-electron chi connectivity index (χ2n) is 5.10. The zero-order chi connectivity index (χ0) is 13.2. The van der Waals surface area contributed by atoms with Crippen molar-refractivity contribution in [1.82, 2.24) is 24.9 Å². The highest BCUT2D eigenvalue weighted by Gasteiger charge is 2.16. The zero-order valence-corrected chi connectivity index (χ0v) is 11.0. The predicted molar refractivity (Wildman–Crippen MR) is 72.5 cm³/mol. The van der Waals surface area contributed by atoms with Gasteiger partial charge in [-0.05, 0) is 31.8 Å². The molecule has 1 fully saturated rings. The summed E-state index contributed by atoms with van der Waals surface area (Å²) in [6.07, 6.45) is 4.01. The van der Waals surface area contributed by atoms with Crippen LogP contribution >= 0.6 is 0 Å². The second kappa shape index (κ2) is 5.00. The molecule has 3 rings (SSSR count). The van der Waals surface area contributed by atoms with E-state index in [1.807, 2.05) is 13.1 Å². The minimum atomic E-state index is -0.256. The highest BCUT2D eigenvalue weighted by molar-refractivity contribution is 5.49. The third-order valence-corrected chi connectivity index (χ3v) is 3.62. The topological polar surface area (TPSA) is 78.3 Å². The van der Waals surface area contributed by atoms with Crippen molar-refractivity contribution >= 4 is 11.5 Å². The van der Waals surface area contributed by atoms with Gasteiger partial charge in [-0.15, -0.1) is 0 Å². The van der Waals surface area contributed by atoms with Crippen LogP contribution in [-0.4, -0.2) is 46.3 Å². The van der Waals surface area contributed by atoms with Crippen LogP contribution in [0.15, 0.2) is 17.2 Å². The van der Waals surface area contributed by atoms with E-state index in [1.54, 1.807) is 0 Å². The van der Waals surface area contributed by atoms with E-state index in [9.17, 15) is 4.79 Å². The molecule has 1 atom stereocenters. The van der Waals surface area contributed by atoms with Crippen LogP contribution in [0, 0.1) is 5.92 Å². The van der Waals surface area contributed by atoms with Crippen LogP contribution in [0.4, 0.5) is 5.82 Å². The van der Waals surface area contributed by atoms with Crippen molar-refractivity contribution in [2.45, 2.75) is 12.8 Å². The summed E-state index contributed by atoms with van der Waals surface area (Å²) in [4.78, 5) is 17.8. The molecule has 3 heterocycles. The van der Waals surface area contributed by atoms with E-state index in [1.165, 1.54) is 23.6 Å². The predicted octanol–water partition coefficient (Wildman–Crippen LogP) is -0.147. The lowest BCUT2D eigenvalue weighted by molar-refractivity contribution is 0.380. The number of aromatic amines is 1. The molecule has 1 aliphatic heterocycles. The van der Waals surface area contributed by atoms with Crippen LogP contribution < -0.4 is 15.9 Å². The maximum atomic E-state index is 11.4. The van der Waals surface area contributed by atoms with Gasteiger partial charge in [-0.25, -0.2) is 19.3 Å². The van der Waals surface area contributed by atoms with Gasteiger partial charge in [0.1, 0.15) is 12.1 Å². The van der Waals surface area contributed by atoms with Crippen molar-refractivity contribution in [3.63, 3.8) is 0 Å². The van der Waals surface area contributed by atoms with Gasteiger partial charge in [-0.2, -0.15) is 5.10 Å². The zero-order valence-electron chi connectivity index (χ0n) is 11.0. The number of H-pyrrole nitrogens is 1. The monoisotopic (exact) mass is 262 g/mol. The fraction of sp³-hybridized carbons (Fsp3) is 0.583. The summed E-state index contributed by atoms with van der Waals surface area (Å²) in [5.41, 5.74) is 0.344. The Balaban J connectivity index is 1.76. The Morgan fingerprint density at radius 3 is 3.26 bits per heavy atom. The summed E-state index contributed by atoms with van der Waals surface area (Å²) < 4.78 is 1.40. The Bertz CT molecular complexity index is 612. The molecule has 7 heteroatoms. The molecule has 0 spiro atoms. The Labute approximate surface area is 110 Å². The lowest BCUT2D eigenvalue weighted by Crippen LogP contribution is -2.37. The van der Waals surface area contributed by atoms with Gasteiger partial charge in [0, 0.05) is 19.7 Å². The number of hydrogen-bond donors (Lipinski definition) is 2. The van der Waals surface area contributed by atoms with E-state index in [-0.39, 0.29) is 5.69 Å². The number of aromatic nitrogens is 4. The molecule has 2 N–H and O–H groups in total. The maximum Gasteiger partial charge on any atom is 0.348 e. The van der Waals surface area contributed by atoms with Crippen LogP contribution in [0.25, 0.3) is 5.65 Å². The molecule has 7 nitrogen and oxygen atoms in total. The molecule has 1 unspecified atom stereocenters. The quantitative estimate of drug-likeness (QED) is 0.804. The number of piperidine rings is 1. The standard InChI is InChI=1S/C12H18N6O/c1-17(7-9-3-2-4-13-6-9)10-5-11-15-16-12(19)18(11)8-14-10/h5,8-9,13H,2-4,6-7H2,1H3,(H,16,19). The molecule has 1 aliphatic rings. The Kier molecular flexibility index (Phi) is 3.20. The average molecular weight is 262 g/mol. The van der Waals surface area contributed by atoms with E-state index in [0.29, 0.717) is 11.6 Å². The van der Waals surface area contributed by atoms with Crippen molar-refractivity contribution < 1.29 is 0 Å². The SMILES string of the molecule is CN(CC1CCCNC1)c1cc2n[nH]c(=O)n2cn1. The van der Waals surface area contributed by atoms with E-state index in [0.717, 1.165) is 25.5 Å². The molecule has 0 saturated carbocycles. The van der Waals surface area contributed by atoms with Crippen LogP contribution in [0.3, 0.4) is 0 Å². The van der Waals surface area contributed by atoms with Crippen LogP contribution in [-0.2, 0) is 0 Å². The van der Waals surface area contributed by atoms with Crippen molar-refractivity contribution in [3.05, 3.63) is 22.9 Å². The van der Waals surface area contributed by atoms with Gasteiger partial charge in [-0.3, -0.25) is 0 Å². The van der Waals surface area contributed by atoms with Crippen molar-refractivity contribution in [2.75, 3.05) is 31.6 Å². The molecular weight excluding hydrogens is 244 g/mol. The van der Waals surface area contributed by atoms with Crippen molar-refractivity contribution in [3.8, 4) is 0 Å². The molecule has 2 aromatic heterocycles. The molecule has 0 aromatic carbocycles. The summed E-state index contributed by atoms with van der Waals surface area (Å²) in [6.45, 7) is 3.15. The Hall–Kier alpha value is -1.89. The van der Waals surface area contributed by atoms with Crippen LogP contribution in [0.5, 0.6) is 0 Å². The molecule has 102 valence electrons. The Morgan fingerprint density at radius 2 is 2.47 bits per heavy atom. The highest BCUT2D eigenvalue weighted by atomic mass is 16.1. The first-order chi connectivity index (χ1) is 9.24. The van der Waals surface area contributed by atoms with Gasteiger partial charge >= 0.3 is 5.69 Å². The summed E-state index contributed by atoms with van der Waals surface area (Å²) in [7, 11) is 2.03. The molecule has 0 radical (unpaired) electrons.